The molecule has 0 bridgehead atoms. The number of hydrogen-bond acceptors (Lipinski definition) is 4. The Labute approximate surface area is 110 Å². The van der Waals surface area contributed by atoms with E-state index in [0.717, 1.165) is 0 Å². The summed E-state index contributed by atoms with van der Waals surface area (Å²) in [7, 11) is 0. The molecule has 17 heavy (non-hydrogen) atoms. The fourth-order valence-electron chi connectivity index (χ4n) is 1.24. The smallest absolute Gasteiger partial charge is 0.252 e. The zero-order valence-corrected chi connectivity index (χ0v) is 11.3. The van der Waals surface area contributed by atoms with E-state index in [1.165, 1.54) is 18.0 Å². The van der Waals surface area contributed by atoms with E-state index in [2.05, 4.69) is 10.3 Å². The molecule has 0 aliphatic heterocycles. The van der Waals surface area contributed by atoms with Crippen molar-refractivity contribution in [2.75, 3.05) is 18.6 Å². The van der Waals surface area contributed by atoms with Gasteiger partial charge >= 0.3 is 0 Å². The van der Waals surface area contributed by atoms with Crippen molar-refractivity contribution < 1.29 is 9.90 Å². The molecule has 94 valence electrons. The molecule has 1 aromatic heterocycles. The predicted octanol–water partition coefficient (Wildman–Crippen LogP) is 1.58. The summed E-state index contributed by atoms with van der Waals surface area (Å²) in [4.78, 5) is 15.5. The van der Waals surface area contributed by atoms with Gasteiger partial charge < -0.3 is 10.4 Å². The molecule has 0 fully saturated rings. The van der Waals surface area contributed by atoms with Gasteiger partial charge in [0.05, 0.1) is 11.2 Å². The topological polar surface area (TPSA) is 62.2 Å². The second-order valence-electron chi connectivity index (χ2n) is 3.98. The third kappa shape index (κ3) is 4.93. The number of aliphatic hydroxyl groups is 1. The second kappa shape index (κ2) is 6.23. The maximum absolute atomic E-state index is 11.7. The molecule has 0 aliphatic rings. The van der Waals surface area contributed by atoms with Crippen molar-refractivity contribution in [1.82, 2.24) is 10.3 Å². The van der Waals surface area contributed by atoms with Crippen LogP contribution >= 0.6 is 23.4 Å². The molecule has 1 amide bonds. The van der Waals surface area contributed by atoms with Crippen LogP contribution in [0.1, 0.15) is 17.3 Å². The van der Waals surface area contributed by atoms with Gasteiger partial charge in [-0.1, -0.05) is 11.6 Å². The number of hydrogen-bond donors (Lipinski definition) is 2. The fourth-order valence-corrected chi connectivity index (χ4v) is 2.08. The molecule has 4 nitrogen and oxygen atoms in total. The summed E-state index contributed by atoms with van der Waals surface area (Å²) in [6, 6.07) is 3.14. The zero-order valence-electron chi connectivity index (χ0n) is 9.74. The second-order valence-corrected chi connectivity index (χ2v) is 5.24. The largest absolute Gasteiger partial charge is 0.387 e. The van der Waals surface area contributed by atoms with Crippen LogP contribution in [0.4, 0.5) is 0 Å². The number of carbonyl (C=O) groups excluding carboxylic acids is 1. The molecule has 2 N–H and O–H groups in total. The Balaban J connectivity index is 2.53. The van der Waals surface area contributed by atoms with Crippen molar-refractivity contribution in [3.05, 3.63) is 29.0 Å². The Hall–Kier alpha value is -0.780. The van der Waals surface area contributed by atoms with Crippen molar-refractivity contribution in [3.8, 4) is 0 Å². The summed E-state index contributed by atoms with van der Waals surface area (Å²) in [5.74, 6) is 0.294. The first-order valence-electron chi connectivity index (χ1n) is 5.06. The van der Waals surface area contributed by atoms with Gasteiger partial charge in [-0.2, -0.15) is 11.8 Å². The maximum Gasteiger partial charge on any atom is 0.252 e. The van der Waals surface area contributed by atoms with Crippen LogP contribution in [0.2, 0.25) is 5.15 Å². The van der Waals surface area contributed by atoms with Gasteiger partial charge in [0.1, 0.15) is 5.15 Å². The number of aromatic nitrogens is 1. The van der Waals surface area contributed by atoms with Crippen molar-refractivity contribution in [1.29, 1.82) is 0 Å². The molecule has 1 rings (SSSR count). The normalized spacial score (nSPS) is 14.1. The standard InChI is InChI=1S/C11H15ClN2O2S/c1-11(16,7-17-2)6-14-10(15)8-3-4-9(12)13-5-8/h3-5,16H,6-7H2,1-2H3,(H,14,15). The molecule has 0 saturated carbocycles. The van der Waals surface area contributed by atoms with Crippen molar-refractivity contribution in [2.45, 2.75) is 12.5 Å². The van der Waals surface area contributed by atoms with Crippen molar-refractivity contribution in [3.63, 3.8) is 0 Å². The molecule has 0 aliphatic carbocycles. The number of thioether (sulfide) groups is 1. The lowest BCUT2D eigenvalue weighted by atomic mass is 10.1. The minimum absolute atomic E-state index is 0.204. The van der Waals surface area contributed by atoms with E-state index in [9.17, 15) is 9.90 Å². The summed E-state index contributed by atoms with van der Waals surface area (Å²) in [6.45, 7) is 1.89. The Morgan fingerprint density at radius 1 is 1.65 bits per heavy atom. The third-order valence-corrected chi connectivity index (χ3v) is 3.21. The lowest BCUT2D eigenvalue weighted by molar-refractivity contribution is 0.0725. The Bertz CT molecular complexity index is 382. The number of rotatable bonds is 5. The Kier molecular flexibility index (Phi) is 5.24. The Morgan fingerprint density at radius 3 is 2.88 bits per heavy atom. The Morgan fingerprint density at radius 2 is 2.35 bits per heavy atom. The van der Waals surface area contributed by atoms with Gasteiger partial charge in [-0.3, -0.25) is 4.79 Å². The van der Waals surface area contributed by atoms with Crippen molar-refractivity contribution in [2.24, 2.45) is 0 Å². The molecule has 0 saturated heterocycles. The monoisotopic (exact) mass is 274 g/mol. The number of pyridine rings is 1. The molecule has 6 heteroatoms. The molecule has 1 heterocycles. The van der Waals surface area contributed by atoms with E-state index in [1.54, 1.807) is 19.1 Å². The van der Waals surface area contributed by atoms with Crippen LogP contribution in [-0.4, -0.2) is 40.2 Å². The molecule has 1 unspecified atom stereocenters. The summed E-state index contributed by atoms with van der Waals surface area (Å²) in [5, 5.41) is 12.9. The van der Waals surface area contributed by atoms with Gasteiger partial charge in [-0.15, -0.1) is 0 Å². The van der Waals surface area contributed by atoms with Crippen LogP contribution in [0.15, 0.2) is 18.3 Å². The van der Waals surface area contributed by atoms with E-state index >= 15 is 0 Å². The number of nitrogens with one attached hydrogen (secondary N) is 1. The van der Waals surface area contributed by atoms with Crippen LogP contribution in [-0.2, 0) is 0 Å². The maximum atomic E-state index is 11.7. The summed E-state index contributed by atoms with van der Waals surface area (Å²) >= 11 is 7.15. The minimum atomic E-state index is -0.908. The number of halogens is 1. The van der Waals surface area contributed by atoms with Crippen molar-refractivity contribution >= 4 is 29.3 Å². The first-order valence-corrected chi connectivity index (χ1v) is 6.83. The molecule has 1 aromatic rings. The highest BCUT2D eigenvalue weighted by molar-refractivity contribution is 7.98. The molecule has 0 spiro atoms. The minimum Gasteiger partial charge on any atom is -0.387 e. The van der Waals surface area contributed by atoms with E-state index in [0.29, 0.717) is 16.5 Å². The highest BCUT2D eigenvalue weighted by Crippen LogP contribution is 2.10. The third-order valence-electron chi connectivity index (χ3n) is 2.07. The number of carbonyl (C=O) groups is 1. The quantitative estimate of drug-likeness (QED) is 0.801. The van der Waals surface area contributed by atoms with Gasteiger partial charge in [0.2, 0.25) is 0 Å². The zero-order chi connectivity index (χ0) is 12.9. The van der Waals surface area contributed by atoms with Crippen LogP contribution in [0.3, 0.4) is 0 Å². The van der Waals surface area contributed by atoms with E-state index in [4.69, 9.17) is 11.6 Å². The lowest BCUT2D eigenvalue weighted by Gasteiger charge is -2.22. The van der Waals surface area contributed by atoms with Gasteiger partial charge in [0.25, 0.3) is 5.91 Å². The fraction of sp³-hybridized carbons (Fsp3) is 0.455. The van der Waals surface area contributed by atoms with E-state index in [-0.39, 0.29) is 12.5 Å². The van der Waals surface area contributed by atoms with Crippen LogP contribution in [0, 0.1) is 0 Å². The number of nitrogens with zero attached hydrogens (tertiary/aromatic N) is 1. The lowest BCUT2D eigenvalue weighted by Crippen LogP contribution is -2.42. The highest BCUT2D eigenvalue weighted by atomic mass is 35.5. The van der Waals surface area contributed by atoms with E-state index < -0.39 is 5.60 Å². The summed E-state index contributed by atoms with van der Waals surface area (Å²) in [5.41, 5.74) is -0.482. The van der Waals surface area contributed by atoms with Crippen LogP contribution < -0.4 is 5.32 Å². The first-order chi connectivity index (χ1) is 7.94. The SMILES string of the molecule is CSCC(C)(O)CNC(=O)c1ccc(Cl)nc1. The van der Waals surface area contributed by atoms with E-state index in [1.807, 2.05) is 6.26 Å². The highest BCUT2D eigenvalue weighted by Gasteiger charge is 2.20. The summed E-state index contributed by atoms with van der Waals surface area (Å²) < 4.78 is 0. The summed E-state index contributed by atoms with van der Waals surface area (Å²) in [6.07, 6.45) is 3.31. The van der Waals surface area contributed by atoms with Crippen LogP contribution in [0.5, 0.6) is 0 Å². The average molecular weight is 275 g/mol. The molecule has 0 radical (unpaired) electrons. The molecule has 1 atom stereocenters. The molecule has 0 aromatic carbocycles. The van der Waals surface area contributed by atoms with Gasteiger partial charge in [0, 0.05) is 18.5 Å². The van der Waals surface area contributed by atoms with Crippen LogP contribution in [0.25, 0.3) is 0 Å². The number of amides is 1. The van der Waals surface area contributed by atoms with Gasteiger partial charge in [-0.05, 0) is 25.3 Å². The van der Waals surface area contributed by atoms with Gasteiger partial charge in [-0.25, -0.2) is 4.98 Å². The molecular weight excluding hydrogens is 260 g/mol. The first kappa shape index (κ1) is 14.3. The predicted molar refractivity (Wildman–Crippen MR) is 70.6 cm³/mol. The van der Waals surface area contributed by atoms with Gasteiger partial charge in [0.15, 0.2) is 0 Å². The molecular formula is C11H15ClN2O2S. The average Bonchev–Trinajstić information content (AvgIpc) is 2.27.